The Balaban J connectivity index is 2.50. The van der Waals surface area contributed by atoms with Crippen molar-refractivity contribution in [3.05, 3.63) is 41.4 Å². The van der Waals surface area contributed by atoms with Gasteiger partial charge in [-0.2, -0.15) is 8.78 Å². The molecule has 0 spiro atoms. The first kappa shape index (κ1) is 13.9. The predicted octanol–water partition coefficient (Wildman–Crippen LogP) is 3.47. The normalized spacial score (nSPS) is 11.6. The van der Waals surface area contributed by atoms with E-state index in [0.29, 0.717) is 0 Å². The molecule has 0 N–H and O–H groups in total. The monoisotopic (exact) mass is 261 g/mol. The second kappa shape index (κ2) is 7.25. The van der Waals surface area contributed by atoms with E-state index in [4.69, 9.17) is 11.6 Å². The molecule has 0 aliphatic heterocycles. The summed E-state index contributed by atoms with van der Waals surface area (Å²) in [5.74, 6) is 0.173. The van der Waals surface area contributed by atoms with Crippen LogP contribution in [0.5, 0.6) is 5.75 Å². The van der Waals surface area contributed by atoms with Crippen LogP contribution in [0.2, 0.25) is 0 Å². The minimum absolute atomic E-state index is 0.173. The molecule has 17 heavy (non-hydrogen) atoms. The Bertz CT molecular complexity index is 354. The highest BCUT2D eigenvalue weighted by atomic mass is 35.5. The summed E-state index contributed by atoms with van der Waals surface area (Å²) in [4.78, 5) is 2.04. The van der Waals surface area contributed by atoms with Crippen molar-refractivity contribution >= 4 is 11.6 Å². The van der Waals surface area contributed by atoms with Crippen molar-refractivity contribution in [3.8, 4) is 5.75 Å². The number of benzene rings is 1. The molecule has 0 radical (unpaired) electrons. The average Bonchev–Trinajstić information content (AvgIpc) is 2.28. The smallest absolute Gasteiger partial charge is 0.387 e. The van der Waals surface area contributed by atoms with Gasteiger partial charge in [-0.05, 0) is 24.7 Å². The molecule has 0 amide bonds. The van der Waals surface area contributed by atoms with Gasteiger partial charge in [0.25, 0.3) is 0 Å². The lowest BCUT2D eigenvalue weighted by Crippen LogP contribution is -2.17. The van der Waals surface area contributed by atoms with Crippen LogP contribution >= 0.6 is 11.6 Å². The summed E-state index contributed by atoms with van der Waals surface area (Å²) >= 11 is 5.42. The second-order valence-corrected chi connectivity index (χ2v) is 3.83. The summed E-state index contributed by atoms with van der Waals surface area (Å²) in [6.45, 7) is -1.33. The van der Waals surface area contributed by atoms with Crippen LogP contribution in [0.4, 0.5) is 8.78 Å². The van der Waals surface area contributed by atoms with Crippen LogP contribution in [0.3, 0.4) is 0 Å². The summed E-state index contributed by atoms with van der Waals surface area (Å²) in [5, 5.41) is 0. The van der Waals surface area contributed by atoms with Crippen LogP contribution in [0.15, 0.2) is 35.9 Å². The van der Waals surface area contributed by atoms with E-state index >= 15 is 0 Å². The number of alkyl halides is 2. The van der Waals surface area contributed by atoms with Crippen LogP contribution in [0.1, 0.15) is 5.56 Å². The molecule has 0 unspecified atom stereocenters. The summed E-state index contributed by atoms with van der Waals surface area (Å²) < 4.78 is 28.1. The first-order chi connectivity index (χ1) is 8.11. The molecule has 94 valence electrons. The Morgan fingerprint density at radius 2 is 2.00 bits per heavy atom. The van der Waals surface area contributed by atoms with Gasteiger partial charge in [-0.25, -0.2) is 0 Å². The van der Waals surface area contributed by atoms with Gasteiger partial charge >= 0.3 is 6.61 Å². The Kier molecular flexibility index (Phi) is 5.94. The zero-order valence-electron chi connectivity index (χ0n) is 9.45. The zero-order valence-corrected chi connectivity index (χ0v) is 10.2. The highest BCUT2D eigenvalue weighted by molar-refractivity contribution is 6.25. The largest absolute Gasteiger partial charge is 0.435 e. The molecule has 0 aliphatic carbocycles. The van der Waals surface area contributed by atoms with Gasteiger partial charge in [0.2, 0.25) is 0 Å². The number of halogens is 3. The van der Waals surface area contributed by atoms with E-state index < -0.39 is 6.61 Å². The van der Waals surface area contributed by atoms with Gasteiger partial charge in [-0.1, -0.05) is 29.8 Å². The molecule has 2 nitrogen and oxygen atoms in total. The van der Waals surface area contributed by atoms with Crippen LogP contribution in [0, 0.1) is 0 Å². The lowest BCUT2D eigenvalue weighted by molar-refractivity contribution is -0.0498. The van der Waals surface area contributed by atoms with Crippen molar-refractivity contribution in [1.29, 1.82) is 0 Å². The number of likely N-dealkylation sites (N-methyl/N-ethyl adjacent to an activating group) is 1. The minimum Gasteiger partial charge on any atom is -0.435 e. The van der Waals surface area contributed by atoms with Crippen molar-refractivity contribution < 1.29 is 13.5 Å². The number of hydrogen-bond acceptors (Lipinski definition) is 2. The maximum Gasteiger partial charge on any atom is 0.387 e. The van der Waals surface area contributed by atoms with Crippen LogP contribution in [0.25, 0.3) is 0 Å². The molecule has 1 rings (SSSR count). The van der Waals surface area contributed by atoms with Gasteiger partial charge in [-0.3, -0.25) is 4.90 Å². The standard InChI is InChI=1S/C12H14ClF2NO/c1-16(8-2-7-13)9-10-3-5-11(6-4-10)17-12(14)15/h2-7,12H,8-9H2,1H3/b7-2+. The maximum atomic E-state index is 11.9. The third-order valence-electron chi connectivity index (χ3n) is 2.11. The second-order valence-electron chi connectivity index (χ2n) is 3.58. The van der Waals surface area contributed by atoms with E-state index in [1.165, 1.54) is 17.7 Å². The molecule has 1 aromatic rings. The molecule has 0 aromatic heterocycles. The number of nitrogens with zero attached hydrogens (tertiary/aromatic N) is 1. The highest BCUT2D eigenvalue weighted by Gasteiger charge is 2.04. The first-order valence-corrected chi connectivity index (χ1v) is 5.53. The lowest BCUT2D eigenvalue weighted by atomic mass is 10.2. The topological polar surface area (TPSA) is 12.5 Å². The molecule has 0 aliphatic rings. The van der Waals surface area contributed by atoms with Gasteiger partial charge in [0.1, 0.15) is 5.75 Å². The molecule has 0 saturated heterocycles. The fourth-order valence-corrected chi connectivity index (χ4v) is 1.45. The molecule has 0 atom stereocenters. The summed E-state index contributed by atoms with van der Waals surface area (Å²) in [6, 6.07) is 6.59. The van der Waals surface area contributed by atoms with Gasteiger partial charge in [0.15, 0.2) is 0 Å². The SMILES string of the molecule is CN(C/C=C/Cl)Cc1ccc(OC(F)F)cc1. The highest BCUT2D eigenvalue weighted by Crippen LogP contribution is 2.15. The quantitative estimate of drug-likeness (QED) is 0.777. The Morgan fingerprint density at radius 3 is 2.53 bits per heavy atom. The Labute approximate surface area is 104 Å². The van der Waals surface area contributed by atoms with Crippen LogP contribution in [-0.2, 0) is 6.54 Å². The molecular weight excluding hydrogens is 248 g/mol. The molecule has 1 aromatic carbocycles. The molecule has 5 heteroatoms. The molecule has 0 saturated carbocycles. The Hall–Kier alpha value is -1.13. The van der Waals surface area contributed by atoms with E-state index in [1.54, 1.807) is 12.1 Å². The van der Waals surface area contributed by atoms with Gasteiger partial charge in [-0.15, -0.1) is 0 Å². The fourth-order valence-electron chi connectivity index (χ4n) is 1.37. The van der Waals surface area contributed by atoms with E-state index in [1.807, 2.05) is 18.0 Å². The maximum absolute atomic E-state index is 11.9. The van der Waals surface area contributed by atoms with Gasteiger partial charge in [0.05, 0.1) is 0 Å². The van der Waals surface area contributed by atoms with Gasteiger partial charge in [0, 0.05) is 18.6 Å². The van der Waals surface area contributed by atoms with Crippen molar-refractivity contribution in [3.63, 3.8) is 0 Å². The van der Waals surface area contributed by atoms with Crippen molar-refractivity contribution in [2.45, 2.75) is 13.2 Å². The summed E-state index contributed by atoms with van der Waals surface area (Å²) in [7, 11) is 1.94. The van der Waals surface area contributed by atoms with E-state index in [0.717, 1.165) is 18.7 Å². The fraction of sp³-hybridized carbons (Fsp3) is 0.333. The third kappa shape index (κ3) is 5.65. The number of rotatable bonds is 6. The average molecular weight is 262 g/mol. The summed E-state index contributed by atoms with van der Waals surface area (Å²) in [5.41, 5.74) is 2.49. The van der Waals surface area contributed by atoms with Crippen molar-refractivity contribution in [2.24, 2.45) is 0 Å². The number of hydrogen-bond donors (Lipinski definition) is 0. The van der Waals surface area contributed by atoms with Crippen LogP contribution < -0.4 is 4.74 Å². The minimum atomic E-state index is -2.78. The van der Waals surface area contributed by atoms with Crippen LogP contribution in [-0.4, -0.2) is 25.1 Å². The van der Waals surface area contributed by atoms with Gasteiger partial charge < -0.3 is 4.74 Å². The van der Waals surface area contributed by atoms with Crippen molar-refractivity contribution in [2.75, 3.05) is 13.6 Å². The van der Waals surface area contributed by atoms with Crippen molar-refractivity contribution in [1.82, 2.24) is 4.90 Å². The molecule has 0 heterocycles. The lowest BCUT2D eigenvalue weighted by Gasteiger charge is -2.14. The number of ether oxygens (including phenoxy) is 1. The van der Waals surface area contributed by atoms with E-state index in [-0.39, 0.29) is 5.75 Å². The molecule has 0 fully saturated rings. The zero-order chi connectivity index (χ0) is 12.7. The molecule has 0 bridgehead atoms. The summed E-state index contributed by atoms with van der Waals surface area (Å²) in [6.07, 6.45) is 1.83. The van der Waals surface area contributed by atoms with E-state index in [9.17, 15) is 8.78 Å². The first-order valence-electron chi connectivity index (χ1n) is 5.09. The predicted molar refractivity (Wildman–Crippen MR) is 64.4 cm³/mol. The molecular formula is C12H14ClF2NO. The third-order valence-corrected chi connectivity index (χ3v) is 2.29. The Morgan fingerprint density at radius 1 is 1.35 bits per heavy atom. The van der Waals surface area contributed by atoms with E-state index in [2.05, 4.69) is 4.74 Å².